The number of benzene rings is 2. The number of aryl methyl sites for hydroxylation is 1. The Labute approximate surface area is 155 Å². The molecule has 26 heavy (non-hydrogen) atoms. The highest BCUT2D eigenvalue weighted by Gasteiger charge is 2.20. The van der Waals surface area contributed by atoms with Crippen LogP contribution in [0.25, 0.3) is 0 Å². The predicted octanol–water partition coefficient (Wildman–Crippen LogP) is 4.05. The van der Waals surface area contributed by atoms with Crippen LogP contribution in [0.2, 0.25) is 0 Å². The predicted molar refractivity (Wildman–Crippen MR) is 102 cm³/mol. The fourth-order valence-electron chi connectivity index (χ4n) is 2.76. The molecule has 0 aliphatic heterocycles. The van der Waals surface area contributed by atoms with Crippen molar-refractivity contribution in [1.82, 2.24) is 5.32 Å². The van der Waals surface area contributed by atoms with Crippen LogP contribution in [0.1, 0.15) is 37.4 Å². The molecular weight excluding hydrogens is 330 g/mol. The molecule has 0 heterocycles. The second-order valence-corrected chi connectivity index (χ2v) is 6.14. The second kappa shape index (κ2) is 9.13. The smallest absolute Gasteiger partial charge is 0.261 e. The van der Waals surface area contributed by atoms with E-state index in [0.29, 0.717) is 11.5 Å². The summed E-state index contributed by atoms with van der Waals surface area (Å²) in [4.78, 5) is 12.6. The van der Waals surface area contributed by atoms with Crippen LogP contribution >= 0.6 is 0 Å². The number of hydrogen-bond acceptors (Lipinski definition) is 4. The van der Waals surface area contributed by atoms with E-state index in [4.69, 9.17) is 14.2 Å². The summed E-state index contributed by atoms with van der Waals surface area (Å²) in [5.41, 5.74) is 2.09. The summed E-state index contributed by atoms with van der Waals surface area (Å²) < 4.78 is 16.2. The Kier molecular flexibility index (Phi) is 6.89. The van der Waals surface area contributed by atoms with Crippen molar-refractivity contribution in [2.45, 2.75) is 39.3 Å². The monoisotopic (exact) mass is 357 g/mol. The van der Waals surface area contributed by atoms with E-state index in [1.807, 2.05) is 44.2 Å². The lowest BCUT2D eigenvalue weighted by molar-refractivity contribution is -0.128. The van der Waals surface area contributed by atoms with Crippen molar-refractivity contribution in [3.63, 3.8) is 0 Å². The Morgan fingerprint density at radius 1 is 1.08 bits per heavy atom. The first-order chi connectivity index (χ1) is 12.5. The van der Waals surface area contributed by atoms with Crippen molar-refractivity contribution in [2.24, 2.45) is 0 Å². The van der Waals surface area contributed by atoms with Gasteiger partial charge in [0, 0.05) is 6.07 Å². The van der Waals surface area contributed by atoms with Crippen LogP contribution in [-0.2, 0) is 4.79 Å². The first-order valence-electron chi connectivity index (χ1n) is 8.74. The minimum absolute atomic E-state index is 0.0801. The van der Waals surface area contributed by atoms with Gasteiger partial charge < -0.3 is 19.5 Å². The summed E-state index contributed by atoms with van der Waals surface area (Å²) in [5.74, 6) is 1.97. The average Bonchev–Trinajstić information content (AvgIpc) is 2.65. The molecule has 140 valence electrons. The Morgan fingerprint density at radius 3 is 2.42 bits per heavy atom. The molecule has 0 radical (unpaired) electrons. The zero-order valence-electron chi connectivity index (χ0n) is 16.0. The zero-order valence-corrected chi connectivity index (χ0v) is 16.0. The molecular formula is C21H27NO4. The lowest BCUT2D eigenvalue weighted by atomic mass is 10.0. The fraction of sp³-hybridized carbons (Fsp3) is 0.381. The number of amides is 1. The molecule has 0 aliphatic carbocycles. The summed E-state index contributed by atoms with van der Waals surface area (Å²) in [5, 5.41) is 3.06. The first kappa shape index (κ1) is 19.6. The van der Waals surface area contributed by atoms with Crippen LogP contribution < -0.4 is 19.5 Å². The normalized spacial score (nSPS) is 12.8. The molecule has 0 aromatic heterocycles. The SMILES string of the molecule is CC[C@H](NC(=O)[C@H](C)Oc1cccc(OC)c1)c1ccc(OC)c(C)c1. The molecule has 0 bridgehead atoms. The molecule has 0 saturated heterocycles. The van der Waals surface area contributed by atoms with E-state index >= 15 is 0 Å². The first-order valence-corrected chi connectivity index (χ1v) is 8.74. The Balaban J connectivity index is 2.04. The van der Waals surface area contributed by atoms with Crippen LogP contribution in [0.5, 0.6) is 17.2 Å². The van der Waals surface area contributed by atoms with Crippen LogP contribution in [0, 0.1) is 6.92 Å². The van der Waals surface area contributed by atoms with Crippen LogP contribution in [0.15, 0.2) is 42.5 Å². The maximum atomic E-state index is 12.6. The van der Waals surface area contributed by atoms with Gasteiger partial charge in [-0.1, -0.05) is 25.1 Å². The number of methoxy groups -OCH3 is 2. The summed E-state index contributed by atoms with van der Waals surface area (Å²) in [6.45, 7) is 5.77. The number of hydrogen-bond donors (Lipinski definition) is 1. The number of carbonyl (C=O) groups is 1. The van der Waals surface area contributed by atoms with Crippen LogP contribution in [0.4, 0.5) is 0 Å². The lowest BCUT2D eigenvalue weighted by Crippen LogP contribution is -2.38. The largest absolute Gasteiger partial charge is 0.497 e. The summed E-state index contributed by atoms with van der Waals surface area (Å²) in [6.07, 6.45) is 0.166. The summed E-state index contributed by atoms with van der Waals surface area (Å²) in [7, 11) is 3.25. The van der Waals surface area contributed by atoms with Gasteiger partial charge in [0.1, 0.15) is 17.2 Å². The third-order valence-corrected chi connectivity index (χ3v) is 4.27. The van der Waals surface area contributed by atoms with Gasteiger partial charge in [-0.15, -0.1) is 0 Å². The average molecular weight is 357 g/mol. The summed E-state index contributed by atoms with van der Waals surface area (Å²) >= 11 is 0. The van der Waals surface area contributed by atoms with E-state index in [0.717, 1.165) is 23.3 Å². The Morgan fingerprint density at radius 2 is 1.81 bits per heavy atom. The van der Waals surface area contributed by atoms with Gasteiger partial charge in [0.2, 0.25) is 0 Å². The number of carbonyl (C=O) groups excluding carboxylic acids is 1. The minimum Gasteiger partial charge on any atom is -0.497 e. The Hall–Kier alpha value is -2.69. The highest BCUT2D eigenvalue weighted by molar-refractivity contribution is 5.81. The van der Waals surface area contributed by atoms with E-state index in [1.165, 1.54) is 0 Å². The maximum absolute atomic E-state index is 12.6. The van der Waals surface area contributed by atoms with Gasteiger partial charge in [0.05, 0.1) is 20.3 Å². The molecule has 0 spiro atoms. The van der Waals surface area contributed by atoms with Crippen LogP contribution in [-0.4, -0.2) is 26.2 Å². The standard InChI is InChI=1S/C21H27NO4/c1-6-19(16-10-11-20(25-5)14(2)12-16)22-21(23)15(3)26-18-9-7-8-17(13-18)24-4/h7-13,15,19H,6H2,1-5H3,(H,22,23)/t15-,19-/m0/s1. The Bertz CT molecular complexity index is 745. The van der Waals surface area contributed by atoms with E-state index < -0.39 is 6.10 Å². The zero-order chi connectivity index (χ0) is 19.1. The van der Waals surface area contributed by atoms with Gasteiger partial charge in [-0.2, -0.15) is 0 Å². The highest BCUT2D eigenvalue weighted by Crippen LogP contribution is 2.25. The molecule has 0 aliphatic rings. The van der Waals surface area contributed by atoms with E-state index in [1.54, 1.807) is 33.3 Å². The van der Waals surface area contributed by atoms with Gasteiger partial charge in [0.25, 0.3) is 5.91 Å². The third-order valence-electron chi connectivity index (χ3n) is 4.27. The van der Waals surface area contributed by atoms with Gasteiger partial charge >= 0.3 is 0 Å². The van der Waals surface area contributed by atoms with Crippen molar-refractivity contribution in [3.8, 4) is 17.2 Å². The van der Waals surface area contributed by atoms with Crippen molar-refractivity contribution < 1.29 is 19.0 Å². The van der Waals surface area contributed by atoms with E-state index in [9.17, 15) is 4.79 Å². The minimum atomic E-state index is -0.615. The number of nitrogens with one attached hydrogen (secondary N) is 1. The molecule has 2 rings (SSSR count). The van der Waals surface area contributed by atoms with E-state index in [2.05, 4.69) is 5.32 Å². The number of rotatable bonds is 8. The number of ether oxygens (including phenoxy) is 3. The third kappa shape index (κ3) is 4.91. The van der Waals surface area contributed by atoms with Gasteiger partial charge in [-0.05, 0) is 49.6 Å². The topological polar surface area (TPSA) is 56.8 Å². The lowest BCUT2D eigenvalue weighted by Gasteiger charge is -2.22. The van der Waals surface area contributed by atoms with Crippen molar-refractivity contribution in [3.05, 3.63) is 53.6 Å². The molecule has 0 saturated carbocycles. The molecule has 2 atom stereocenters. The molecule has 5 heteroatoms. The van der Waals surface area contributed by atoms with Gasteiger partial charge in [0.15, 0.2) is 6.10 Å². The summed E-state index contributed by atoms with van der Waals surface area (Å²) in [6, 6.07) is 13.1. The van der Waals surface area contributed by atoms with Gasteiger partial charge in [-0.25, -0.2) is 0 Å². The molecule has 1 N–H and O–H groups in total. The molecule has 2 aromatic rings. The molecule has 1 amide bonds. The molecule has 2 aromatic carbocycles. The van der Waals surface area contributed by atoms with Crippen molar-refractivity contribution in [1.29, 1.82) is 0 Å². The fourth-order valence-corrected chi connectivity index (χ4v) is 2.76. The quantitative estimate of drug-likeness (QED) is 0.774. The maximum Gasteiger partial charge on any atom is 0.261 e. The second-order valence-electron chi connectivity index (χ2n) is 6.14. The van der Waals surface area contributed by atoms with Crippen LogP contribution in [0.3, 0.4) is 0 Å². The molecule has 5 nitrogen and oxygen atoms in total. The highest BCUT2D eigenvalue weighted by atomic mass is 16.5. The van der Waals surface area contributed by atoms with Crippen molar-refractivity contribution in [2.75, 3.05) is 14.2 Å². The van der Waals surface area contributed by atoms with E-state index in [-0.39, 0.29) is 11.9 Å². The van der Waals surface area contributed by atoms with Crippen molar-refractivity contribution >= 4 is 5.91 Å². The van der Waals surface area contributed by atoms with Gasteiger partial charge in [-0.3, -0.25) is 4.79 Å². The molecule has 0 fully saturated rings. The molecule has 0 unspecified atom stereocenters.